The third kappa shape index (κ3) is 14.6. The lowest BCUT2D eigenvalue weighted by atomic mass is 9.96. The molecule has 0 heterocycles. The van der Waals surface area contributed by atoms with Gasteiger partial charge in [0, 0.05) is 13.0 Å². The fraction of sp³-hybridized carbons (Fsp3) is 0.759. The average Bonchev–Trinajstić information content (AvgIpc) is 3.79. The number of rotatable bonds is 20. The highest BCUT2D eigenvalue weighted by Crippen LogP contribution is 2.18. The largest absolute Gasteiger partial charge is 0.391 e. The molecule has 16 heteroatoms. The summed E-state index contributed by atoms with van der Waals surface area (Å²) in [5, 5.41) is 25.5. The molecule has 1 fully saturated rings. The number of unbranched alkanes of at least 4 members (excludes halogenated alkanes) is 1. The first kappa shape index (κ1) is 41.7. The van der Waals surface area contributed by atoms with E-state index in [9.17, 15) is 38.7 Å². The number of nitrogens with two attached hydrogens (primary N) is 1. The van der Waals surface area contributed by atoms with E-state index in [1.165, 1.54) is 20.8 Å². The van der Waals surface area contributed by atoms with E-state index in [1.54, 1.807) is 13.8 Å². The minimum atomic E-state index is -1.50. The Labute approximate surface area is 271 Å². The van der Waals surface area contributed by atoms with Crippen LogP contribution in [-0.2, 0) is 33.6 Å². The topological polar surface area (TPSA) is 238 Å². The fourth-order valence-corrected chi connectivity index (χ4v) is 4.27. The van der Waals surface area contributed by atoms with Gasteiger partial charge in [-0.3, -0.25) is 33.6 Å². The van der Waals surface area contributed by atoms with Crippen LogP contribution in [0.4, 0.5) is 0 Å². The number of carbonyl (C=O) groups excluding carboxylic acids is 7. The minimum absolute atomic E-state index is 0. The first-order valence-electron chi connectivity index (χ1n) is 15.4. The molecule has 0 saturated heterocycles. The summed E-state index contributed by atoms with van der Waals surface area (Å²) in [6.07, 6.45) is 2.36. The molecule has 1 rings (SSSR count). The molecule has 45 heavy (non-hydrogen) atoms. The van der Waals surface area contributed by atoms with Gasteiger partial charge < -0.3 is 42.7 Å². The van der Waals surface area contributed by atoms with Crippen LogP contribution in [0, 0.1) is 5.92 Å². The van der Waals surface area contributed by atoms with Crippen LogP contribution in [0.5, 0.6) is 0 Å². The van der Waals surface area contributed by atoms with Crippen molar-refractivity contribution in [3.8, 4) is 0 Å². The van der Waals surface area contributed by atoms with Gasteiger partial charge in [0.15, 0.2) is 0 Å². The van der Waals surface area contributed by atoms with Gasteiger partial charge in [0.05, 0.1) is 12.1 Å². The third-order valence-corrected chi connectivity index (χ3v) is 7.43. The normalized spacial score (nSPS) is 17.0. The molecular weight excluding hydrogens is 610 g/mol. The van der Waals surface area contributed by atoms with Crippen LogP contribution in [0.2, 0.25) is 0 Å². The number of nitrogens with one attached hydrogen (secondary N) is 6. The van der Waals surface area contributed by atoms with Crippen LogP contribution < -0.4 is 37.6 Å². The Morgan fingerprint density at radius 2 is 1.33 bits per heavy atom. The molecule has 258 valence electrons. The monoisotopic (exact) mass is 661 g/mol. The van der Waals surface area contributed by atoms with E-state index in [-0.39, 0.29) is 30.8 Å². The quantitative estimate of drug-likeness (QED) is 0.0570. The van der Waals surface area contributed by atoms with E-state index in [1.807, 2.05) is 6.92 Å². The predicted molar refractivity (Wildman–Crippen MR) is 169 cm³/mol. The molecule has 7 atom stereocenters. The van der Waals surface area contributed by atoms with Crippen LogP contribution in [0.25, 0.3) is 0 Å². The van der Waals surface area contributed by atoms with Gasteiger partial charge >= 0.3 is 0 Å². The van der Waals surface area contributed by atoms with Gasteiger partial charge in [-0.2, -0.15) is 0 Å². The summed E-state index contributed by atoms with van der Waals surface area (Å²) in [5.74, 6) is -5.31. The zero-order chi connectivity index (χ0) is 33.6. The van der Waals surface area contributed by atoms with Crippen molar-refractivity contribution in [1.29, 1.82) is 0 Å². The summed E-state index contributed by atoms with van der Waals surface area (Å²) < 4.78 is 0. The zero-order valence-corrected chi connectivity index (χ0v) is 27.9. The third-order valence-electron chi connectivity index (χ3n) is 7.43. The maximum Gasteiger partial charge on any atom is 0.289 e. The summed E-state index contributed by atoms with van der Waals surface area (Å²) >= 11 is 0. The predicted octanol–water partition coefficient (Wildman–Crippen LogP) is -1.31. The van der Waals surface area contributed by atoms with Crippen LogP contribution in [0.1, 0.15) is 86.5 Å². The van der Waals surface area contributed by atoms with E-state index in [4.69, 9.17) is 5.73 Å². The van der Waals surface area contributed by atoms with Gasteiger partial charge in [-0.15, -0.1) is 12.4 Å². The second-order valence-electron chi connectivity index (χ2n) is 11.4. The number of ketones is 1. The van der Waals surface area contributed by atoms with E-state index in [2.05, 4.69) is 31.9 Å². The van der Waals surface area contributed by atoms with Gasteiger partial charge in [0.1, 0.15) is 24.2 Å². The van der Waals surface area contributed by atoms with Crippen LogP contribution >= 0.6 is 12.4 Å². The van der Waals surface area contributed by atoms with Crippen molar-refractivity contribution < 1.29 is 38.7 Å². The lowest BCUT2D eigenvalue weighted by Crippen LogP contribution is -2.61. The van der Waals surface area contributed by atoms with Crippen molar-refractivity contribution in [2.45, 2.75) is 129 Å². The summed E-state index contributed by atoms with van der Waals surface area (Å²) in [6.45, 7) is 9.50. The van der Waals surface area contributed by atoms with Gasteiger partial charge in [-0.1, -0.05) is 27.2 Å². The van der Waals surface area contributed by atoms with Crippen molar-refractivity contribution in [2.24, 2.45) is 11.7 Å². The molecule has 0 aromatic heterocycles. The lowest BCUT2D eigenvalue weighted by Gasteiger charge is -2.29. The Morgan fingerprint density at radius 1 is 0.756 bits per heavy atom. The Kier molecular flexibility index (Phi) is 19.2. The SMILES string of the molecule is CC[C@H](NC(=O)[C@H](C)NC(=O)[C@@H](NC(=O)[C@@H](NC(=O)[C@H](CCCCN)NC(C)=O)[C@@H](C)CC)[C@@H](C)O)C(=O)C(=O)NC1CC1.Cl. The van der Waals surface area contributed by atoms with Crippen LogP contribution in [0.3, 0.4) is 0 Å². The molecule has 0 radical (unpaired) electrons. The molecule has 1 aliphatic carbocycles. The molecule has 6 amide bonds. The highest BCUT2D eigenvalue weighted by atomic mass is 35.5. The smallest absolute Gasteiger partial charge is 0.289 e. The molecule has 0 aliphatic heterocycles. The molecule has 15 nitrogen and oxygen atoms in total. The van der Waals surface area contributed by atoms with Crippen molar-refractivity contribution in [2.75, 3.05) is 6.54 Å². The number of aliphatic hydroxyl groups excluding tert-OH is 1. The second-order valence-corrected chi connectivity index (χ2v) is 11.4. The van der Waals surface area contributed by atoms with E-state index < -0.39 is 77.5 Å². The number of halogens is 1. The van der Waals surface area contributed by atoms with Crippen molar-refractivity contribution in [3.05, 3.63) is 0 Å². The standard InChI is InChI=1S/C29H51N7O8.ClH/c1-7-15(3)22(35-26(41)21(32-18(6)38)11-9-10-14-30)27(42)36-23(17(5)37)28(43)31-16(4)25(40)34-20(8-2)24(39)29(44)33-19-12-13-19;/h15-17,19-23,37H,7-14,30H2,1-6H3,(H,31,43)(H,32,38)(H,33,44)(H,34,40)(H,35,41)(H,36,42);1H/t15-,16-,17+,20-,21-,22-,23-;/m0./s1. The molecule has 0 unspecified atom stereocenters. The van der Waals surface area contributed by atoms with Crippen molar-refractivity contribution in [1.82, 2.24) is 31.9 Å². The number of amides is 6. The Morgan fingerprint density at radius 3 is 1.82 bits per heavy atom. The first-order chi connectivity index (χ1) is 20.7. The van der Waals surface area contributed by atoms with E-state index in [0.29, 0.717) is 32.2 Å². The lowest BCUT2D eigenvalue weighted by molar-refractivity contribution is -0.140. The second kappa shape index (κ2) is 20.7. The maximum absolute atomic E-state index is 13.4. The molecule has 1 saturated carbocycles. The molecule has 0 aromatic carbocycles. The van der Waals surface area contributed by atoms with Crippen LogP contribution in [-0.4, -0.2) is 95.2 Å². The fourth-order valence-electron chi connectivity index (χ4n) is 4.27. The first-order valence-corrected chi connectivity index (χ1v) is 15.4. The maximum atomic E-state index is 13.4. The summed E-state index contributed by atoms with van der Waals surface area (Å²) in [7, 11) is 0. The highest BCUT2D eigenvalue weighted by Gasteiger charge is 2.35. The van der Waals surface area contributed by atoms with Crippen molar-refractivity contribution in [3.63, 3.8) is 0 Å². The molecule has 0 aromatic rings. The number of Topliss-reactive ketones (excluding diaryl/α,β-unsaturated/α-hetero) is 1. The molecule has 0 bridgehead atoms. The van der Waals surface area contributed by atoms with Gasteiger partial charge in [0.2, 0.25) is 35.3 Å². The Hall–Kier alpha value is -3.30. The Balaban J connectivity index is 0.0000194. The van der Waals surface area contributed by atoms with Gasteiger partial charge in [0.25, 0.3) is 5.91 Å². The zero-order valence-electron chi connectivity index (χ0n) is 27.1. The van der Waals surface area contributed by atoms with Gasteiger partial charge in [-0.25, -0.2) is 0 Å². The number of hydrogen-bond donors (Lipinski definition) is 8. The van der Waals surface area contributed by atoms with Crippen molar-refractivity contribution >= 4 is 53.6 Å². The molecule has 9 N–H and O–H groups in total. The highest BCUT2D eigenvalue weighted by molar-refractivity contribution is 6.38. The van der Waals surface area contributed by atoms with Crippen LogP contribution in [0.15, 0.2) is 0 Å². The summed E-state index contributed by atoms with van der Waals surface area (Å²) in [5.41, 5.74) is 5.53. The summed E-state index contributed by atoms with van der Waals surface area (Å²) in [4.78, 5) is 88.6. The van der Waals surface area contributed by atoms with E-state index in [0.717, 1.165) is 12.8 Å². The molecule has 1 aliphatic rings. The average molecular weight is 662 g/mol. The molecule has 0 spiro atoms. The number of aliphatic hydroxyl groups is 1. The minimum Gasteiger partial charge on any atom is -0.391 e. The molecular formula is C29H52ClN7O8. The van der Waals surface area contributed by atoms with Gasteiger partial charge in [-0.05, 0) is 64.8 Å². The van der Waals surface area contributed by atoms with E-state index >= 15 is 0 Å². The number of carbonyl (C=O) groups is 7. The summed E-state index contributed by atoms with van der Waals surface area (Å²) in [6, 6.07) is -5.81. The number of hydrogen-bond acceptors (Lipinski definition) is 9. The Bertz CT molecular complexity index is 1040.